The van der Waals surface area contributed by atoms with Crippen LogP contribution in [-0.4, -0.2) is 64.8 Å². The number of hydrogen-bond acceptors (Lipinski definition) is 4. The molecule has 0 aromatic carbocycles. The molecular formula is C24H40N4O4. The van der Waals surface area contributed by atoms with Gasteiger partial charge >= 0.3 is 6.03 Å². The second kappa shape index (κ2) is 9.79. The average Bonchev–Trinajstić information content (AvgIpc) is 2.98. The molecule has 180 valence electrons. The first-order chi connectivity index (χ1) is 15.1. The Hall–Kier alpha value is -2.12. The van der Waals surface area contributed by atoms with Gasteiger partial charge < -0.3 is 15.5 Å². The smallest absolute Gasteiger partial charge is 0.325 e. The number of likely N-dealkylation sites (tertiary alicyclic amines) is 1. The molecule has 8 heteroatoms. The quantitative estimate of drug-likeness (QED) is 0.585. The highest BCUT2D eigenvalue weighted by atomic mass is 16.2. The topological polar surface area (TPSA) is 98.8 Å². The van der Waals surface area contributed by atoms with Crippen LogP contribution in [0.3, 0.4) is 0 Å². The summed E-state index contributed by atoms with van der Waals surface area (Å²) < 4.78 is 0. The van der Waals surface area contributed by atoms with Crippen LogP contribution in [0.1, 0.15) is 85.5 Å². The first-order valence-electron chi connectivity index (χ1n) is 12.3. The van der Waals surface area contributed by atoms with Gasteiger partial charge in [0.2, 0.25) is 11.8 Å². The summed E-state index contributed by atoms with van der Waals surface area (Å²) in [5.41, 5.74) is -0.628. The lowest BCUT2D eigenvalue weighted by molar-refractivity contribution is -0.140. The number of nitrogens with zero attached hydrogens (tertiary/aromatic N) is 2. The van der Waals surface area contributed by atoms with Gasteiger partial charge in [-0.2, -0.15) is 0 Å². The van der Waals surface area contributed by atoms with Crippen LogP contribution in [0, 0.1) is 11.3 Å². The molecule has 8 nitrogen and oxygen atoms in total. The molecular weight excluding hydrogens is 408 g/mol. The minimum absolute atomic E-state index is 0.00434. The van der Waals surface area contributed by atoms with Crippen molar-refractivity contribution in [3.8, 4) is 0 Å². The lowest BCUT2D eigenvalue weighted by atomic mass is 9.65. The zero-order valence-corrected chi connectivity index (χ0v) is 20.2. The van der Waals surface area contributed by atoms with E-state index in [0.717, 1.165) is 43.4 Å². The van der Waals surface area contributed by atoms with Crippen molar-refractivity contribution in [2.75, 3.05) is 19.6 Å². The van der Waals surface area contributed by atoms with E-state index in [1.807, 2.05) is 6.92 Å². The maximum Gasteiger partial charge on any atom is 0.325 e. The van der Waals surface area contributed by atoms with E-state index in [9.17, 15) is 19.2 Å². The number of nitrogens with one attached hydrogen (secondary N) is 2. The van der Waals surface area contributed by atoms with Crippen molar-refractivity contribution < 1.29 is 19.2 Å². The summed E-state index contributed by atoms with van der Waals surface area (Å²) in [4.78, 5) is 53.5. The SMILES string of the molecule is CCCC(=O)NC1CCCN(C(=O)CN2C(=O)NC3(CCC(C(C)(C)CC)CC3)C2=O)C1. The van der Waals surface area contributed by atoms with E-state index >= 15 is 0 Å². The van der Waals surface area contributed by atoms with E-state index in [0.29, 0.717) is 38.3 Å². The van der Waals surface area contributed by atoms with Crippen LogP contribution in [0.2, 0.25) is 0 Å². The Kier molecular flexibility index (Phi) is 7.50. The predicted molar refractivity (Wildman–Crippen MR) is 122 cm³/mol. The fourth-order valence-electron chi connectivity index (χ4n) is 5.42. The summed E-state index contributed by atoms with van der Waals surface area (Å²) >= 11 is 0. The van der Waals surface area contributed by atoms with Gasteiger partial charge in [0.05, 0.1) is 0 Å². The molecule has 0 bridgehead atoms. The summed E-state index contributed by atoms with van der Waals surface area (Å²) in [6.07, 6.45) is 7.04. The van der Waals surface area contributed by atoms with Crippen LogP contribution in [0.15, 0.2) is 0 Å². The molecule has 2 heterocycles. The van der Waals surface area contributed by atoms with Crippen LogP contribution in [0.4, 0.5) is 4.79 Å². The highest BCUT2D eigenvalue weighted by molar-refractivity contribution is 6.09. The largest absolute Gasteiger partial charge is 0.352 e. The van der Waals surface area contributed by atoms with Gasteiger partial charge in [-0.25, -0.2) is 4.79 Å². The Morgan fingerprint density at radius 3 is 2.47 bits per heavy atom. The molecule has 32 heavy (non-hydrogen) atoms. The first-order valence-corrected chi connectivity index (χ1v) is 12.3. The second-order valence-electron chi connectivity index (χ2n) is 10.5. The lowest BCUT2D eigenvalue weighted by Crippen LogP contribution is -2.53. The number of carbonyl (C=O) groups is 4. The fourth-order valence-corrected chi connectivity index (χ4v) is 5.42. The number of hydrogen-bond donors (Lipinski definition) is 2. The van der Waals surface area contributed by atoms with Crippen molar-refractivity contribution in [2.45, 2.75) is 97.1 Å². The minimum atomic E-state index is -0.851. The van der Waals surface area contributed by atoms with Crippen LogP contribution >= 0.6 is 0 Å². The molecule has 1 spiro atoms. The van der Waals surface area contributed by atoms with E-state index in [1.54, 1.807) is 4.90 Å². The molecule has 0 aromatic rings. The van der Waals surface area contributed by atoms with Crippen molar-refractivity contribution in [3.05, 3.63) is 0 Å². The summed E-state index contributed by atoms with van der Waals surface area (Å²) in [7, 11) is 0. The summed E-state index contributed by atoms with van der Waals surface area (Å²) in [5, 5.41) is 5.92. The third-order valence-electron chi connectivity index (χ3n) is 8.01. The monoisotopic (exact) mass is 448 g/mol. The minimum Gasteiger partial charge on any atom is -0.352 e. The molecule has 3 fully saturated rings. The number of imide groups is 1. The van der Waals surface area contributed by atoms with Gasteiger partial charge in [0.25, 0.3) is 5.91 Å². The van der Waals surface area contributed by atoms with E-state index < -0.39 is 11.6 Å². The van der Waals surface area contributed by atoms with Gasteiger partial charge in [-0.15, -0.1) is 0 Å². The molecule has 3 aliphatic rings. The Morgan fingerprint density at radius 1 is 1.16 bits per heavy atom. The van der Waals surface area contributed by atoms with Crippen molar-refractivity contribution >= 4 is 23.8 Å². The highest BCUT2D eigenvalue weighted by Gasteiger charge is 2.54. The normalized spacial score (nSPS) is 28.8. The maximum absolute atomic E-state index is 13.2. The van der Waals surface area contributed by atoms with Crippen LogP contribution in [0.5, 0.6) is 0 Å². The molecule has 5 amide bonds. The molecule has 0 radical (unpaired) electrons. The van der Waals surface area contributed by atoms with Crippen molar-refractivity contribution in [2.24, 2.45) is 11.3 Å². The van der Waals surface area contributed by atoms with E-state index in [4.69, 9.17) is 0 Å². The number of rotatable bonds is 7. The molecule has 1 saturated carbocycles. The van der Waals surface area contributed by atoms with Crippen molar-refractivity contribution in [1.29, 1.82) is 0 Å². The van der Waals surface area contributed by atoms with E-state index in [-0.39, 0.29) is 35.7 Å². The molecule has 2 N–H and O–H groups in total. The first kappa shape index (κ1) is 24.5. The van der Waals surface area contributed by atoms with Gasteiger partial charge in [0, 0.05) is 25.6 Å². The van der Waals surface area contributed by atoms with Gasteiger partial charge in [0.1, 0.15) is 12.1 Å². The molecule has 1 aliphatic carbocycles. The van der Waals surface area contributed by atoms with Crippen molar-refractivity contribution in [3.63, 3.8) is 0 Å². The van der Waals surface area contributed by atoms with Gasteiger partial charge in [-0.1, -0.05) is 34.1 Å². The Bertz CT molecular complexity index is 742. The van der Waals surface area contributed by atoms with Crippen molar-refractivity contribution in [1.82, 2.24) is 20.4 Å². The summed E-state index contributed by atoms with van der Waals surface area (Å²) in [5.74, 6) is 0.0469. The average molecular weight is 449 g/mol. The third kappa shape index (κ3) is 5.09. The Balaban J connectivity index is 1.57. The fraction of sp³-hybridized carbons (Fsp3) is 0.833. The number of carbonyl (C=O) groups excluding carboxylic acids is 4. The second-order valence-corrected chi connectivity index (χ2v) is 10.5. The summed E-state index contributed by atoms with van der Waals surface area (Å²) in [6, 6.07) is -0.528. The van der Waals surface area contributed by atoms with E-state index in [2.05, 4.69) is 31.4 Å². The maximum atomic E-state index is 13.2. The molecule has 2 saturated heterocycles. The van der Waals surface area contributed by atoms with Crippen LogP contribution in [0.25, 0.3) is 0 Å². The van der Waals surface area contributed by atoms with Crippen LogP contribution in [-0.2, 0) is 14.4 Å². The standard InChI is InChI=1S/C24H40N4O4/c1-5-8-19(29)25-18-9-7-14-27(15-18)20(30)16-28-21(31)24(26-22(28)32)12-10-17(11-13-24)23(3,4)6-2/h17-18H,5-16H2,1-4H3,(H,25,29)(H,26,32). The number of amides is 5. The Morgan fingerprint density at radius 2 is 1.84 bits per heavy atom. The Labute approximate surface area is 191 Å². The molecule has 1 atom stereocenters. The number of urea groups is 1. The highest BCUT2D eigenvalue weighted by Crippen LogP contribution is 2.45. The van der Waals surface area contributed by atoms with Crippen LogP contribution < -0.4 is 10.6 Å². The predicted octanol–water partition coefficient (Wildman–Crippen LogP) is 2.81. The van der Waals surface area contributed by atoms with Gasteiger partial charge in [0.15, 0.2) is 0 Å². The summed E-state index contributed by atoms with van der Waals surface area (Å²) in [6.45, 7) is 9.47. The zero-order valence-electron chi connectivity index (χ0n) is 20.2. The van der Waals surface area contributed by atoms with Gasteiger partial charge in [-0.05, 0) is 56.3 Å². The van der Waals surface area contributed by atoms with E-state index in [1.165, 1.54) is 0 Å². The lowest BCUT2D eigenvalue weighted by Gasteiger charge is -2.42. The molecule has 2 aliphatic heterocycles. The number of piperidine rings is 1. The zero-order chi connectivity index (χ0) is 23.5. The molecule has 3 rings (SSSR count). The third-order valence-corrected chi connectivity index (χ3v) is 8.01. The molecule has 0 aromatic heterocycles. The van der Waals surface area contributed by atoms with Gasteiger partial charge in [-0.3, -0.25) is 19.3 Å². The molecule has 1 unspecified atom stereocenters.